The van der Waals surface area contributed by atoms with E-state index in [9.17, 15) is 24.3 Å². The topological polar surface area (TPSA) is 145 Å². The molecule has 2 N–H and O–H groups in total. The van der Waals surface area contributed by atoms with E-state index in [1.165, 1.54) is 32.9 Å². The maximum Gasteiger partial charge on any atom is 0.340 e. The number of carboxylic acid groups (broad SMARTS) is 1. The number of benzene rings is 2. The van der Waals surface area contributed by atoms with Crippen molar-refractivity contribution in [3.05, 3.63) is 47.5 Å². The molecule has 0 bridgehead atoms. The lowest BCUT2D eigenvalue weighted by Gasteiger charge is -2.27. The van der Waals surface area contributed by atoms with Gasteiger partial charge in [0.05, 0.1) is 42.3 Å². The number of fused-ring (bicyclic) bond motifs is 2. The molecule has 11 heteroatoms. The summed E-state index contributed by atoms with van der Waals surface area (Å²) >= 11 is 1.26. The summed E-state index contributed by atoms with van der Waals surface area (Å²) in [5.74, 6) is -2.62. The fourth-order valence-electron chi connectivity index (χ4n) is 4.75. The highest BCUT2D eigenvalue weighted by Gasteiger charge is 2.34. The molecule has 3 unspecified atom stereocenters. The summed E-state index contributed by atoms with van der Waals surface area (Å²) in [6, 6.07) is 9.33. The van der Waals surface area contributed by atoms with Crippen LogP contribution in [0.5, 0.6) is 0 Å². The third-order valence-corrected chi connectivity index (χ3v) is 8.24. The smallest absolute Gasteiger partial charge is 0.340 e. The average molecular weight is 584 g/mol. The number of amides is 1. The molecule has 220 valence electrons. The summed E-state index contributed by atoms with van der Waals surface area (Å²) < 4.78 is 10.1. The monoisotopic (exact) mass is 583 g/mol. The number of aliphatic carboxylic acids is 1. The molecule has 3 rings (SSSR count). The molecular weight excluding hydrogens is 546 g/mol. The van der Waals surface area contributed by atoms with Crippen LogP contribution in [0.3, 0.4) is 0 Å². The van der Waals surface area contributed by atoms with Gasteiger partial charge in [-0.25, -0.2) is 19.6 Å². The zero-order valence-electron chi connectivity index (χ0n) is 24.0. The minimum Gasteiger partial charge on any atom is -0.480 e. The molecule has 0 spiro atoms. The second-order valence-corrected chi connectivity index (χ2v) is 11.4. The van der Waals surface area contributed by atoms with Crippen LogP contribution in [0, 0.1) is 11.8 Å². The number of methoxy groups -OCH3 is 2. The first kappa shape index (κ1) is 31.8. The molecule has 1 amide bonds. The highest BCUT2D eigenvalue weighted by Crippen LogP contribution is 2.42. The number of thioether (sulfide) groups is 1. The Kier molecular flexibility index (Phi) is 11.5. The Morgan fingerprint density at radius 3 is 2.17 bits per heavy atom. The van der Waals surface area contributed by atoms with E-state index in [2.05, 4.69) is 19.2 Å². The number of unbranched alkanes of at least 4 members (excludes halogenated alkanes) is 1. The van der Waals surface area contributed by atoms with E-state index in [1.54, 1.807) is 30.3 Å². The Morgan fingerprint density at radius 2 is 1.56 bits per heavy atom. The number of para-hydroxylation sites is 2. The van der Waals surface area contributed by atoms with E-state index in [1.807, 2.05) is 6.07 Å². The van der Waals surface area contributed by atoms with Gasteiger partial charge in [0.25, 0.3) is 0 Å². The van der Waals surface area contributed by atoms with Gasteiger partial charge in [0, 0.05) is 17.9 Å². The quantitative estimate of drug-likeness (QED) is 0.152. The van der Waals surface area contributed by atoms with E-state index < -0.39 is 41.0 Å². The third-order valence-electron chi connectivity index (χ3n) is 6.77. The average Bonchev–Trinajstić information content (AvgIpc) is 2.94. The lowest BCUT2D eigenvalue weighted by molar-refractivity contribution is -0.145. The molecule has 2 aromatic carbocycles. The number of carbonyl (C=O) groups excluding carboxylic acids is 3. The number of esters is 2. The van der Waals surface area contributed by atoms with Crippen LogP contribution in [0.1, 0.15) is 67.6 Å². The molecule has 1 aromatic heterocycles. The van der Waals surface area contributed by atoms with Gasteiger partial charge in [-0.15, -0.1) is 0 Å². The molecule has 1 heterocycles. The van der Waals surface area contributed by atoms with Gasteiger partial charge in [0.15, 0.2) is 0 Å². The summed E-state index contributed by atoms with van der Waals surface area (Å²) in [6.45, 7) is 5.56. The van der Waals surface area contributed by atoms with Gasteiger partial charge in [-0.3, -0.25) is 9.59 Å². The van der Waals surface area contributed by atoms with Crippen LogP contribution < -0.4 is 5.32 Å². The van der Waals surface area contributed by atoms with Crippen molar-refractivity contribution in [2.75, 3.05) is 20.0 Å². The first-order chi connectivity index (χ1) is 19.6. The number of nitrogens with one attached hydrogen (secondary N) is 1. The van der Waals surface area contributed by atoms with E-state index in [0.717, 1.165) is 19.3 Å². The van der Waals surface area contributed by atoms with E-state index in [4.69, 9.17) is 19.4 Å². The SMILES string of the molecule is COC(=O)c1cccc2nc3c(C(SCC(NC(C)=O)C(=O)O)C(CCCCC(C)C)C(=O)OC)cccc3nc12. The number of carbonyl (C=O) groups is 4. The van der Waals surface area contributed by atoms with Crippen LogP contribution in [0.15, 0.2) is 36.4 Å². The molecule has 3 aromatic rings. The summed E-state index contributed by atoms with van der Waals surface area (Å²) in [7, 11) is 2.64. The highest BCUT2D eigenvalue weighted by molar-refractivity contribution is 7.99. The minimum absolute atomic E-state index is 0.0168. The van der Waals surface area contributed by atoms with Gasteiger partial charge in [0.2, 0.25) is 5.91 Å². The fourth-order valence-corrected chi connectivity index (χ4v) is 6.22. The van der Waals surface area contributed by atoms with E-state index in [-0.39, 0.29) is 11.3 Å². The molecule has 0 aliphatic rings. The molecular formula is C30H37N3O7S. The van der Waals surface area contributed by atoms with Gasteiger partial charge < -0.3 is 19.9 Å². The maximum atomic E-state index is 13.2. The van der Waals surface area contributed by atoms with Gasteiger partial charge in [-0.1, -0.05) is 51.3 Å². The molecule has 0 saturated heterocycles. The Balaban J connectivity index is 2.14. The number of rotatable bonds is 14. The molecule has 3 atom stereocenters. The van der Waals surface area contributed by atoms with Crippen LogP contribution in [-0.4, -0.2) is 64.9 Å². The number of hydrogen-bond acceptors (Lipinski definition) is 9. The maximum absolute atomic E-state index is 13.2. The van der Waals surface area contributed by atoms with Crippen LogP contribution in [0.4, 0.5) is 0 Å². The minimum atomic E-state index is -1.17. The van der Waals surface area contributed by atoms with Crippen LogP contribution >= 0.6 is 11.8 Å². The predicted molar refractivity (Wildman–Crippen MR) is 158 cm³/mol. The van der Waals surface area contributed by atoms with Crippen LogP contribution in [-0.2, 0) is 23.9 Å². The molecule has 0 radical (unpaired) electrons. The third kappa shape index (κ3) is 8.16. The first-order valence-electron chi connectivity index (χ1n) is 13.5. The van der Waals surface area contributed by atoms with Gasteiger partial charge in [0.1, 0.15) is 11.6 Å². The summed E-state index contributed by atoms with van der Waals surface area (Å²) in [5, 5.41) is 11.7. The number of ether oxygens (including phenoxy) is 2. The summed E-state index contributed by atoms with van der Waals surface area (Å²) in [6.07, 6.45) is 3.26. The van der Waals surface area contributed by atoms with E-state index in [0.29, 0.717) is 40.0 Å². The Labute approximate surface area is 243 Å². The van der Waals surface area contributed by atoms with Gasteiger partial charge >= 0.3 is 17.9 Å². The Hall–Kier alpha value is -3.73. The molecule has 41 heavy (non-hydrogen) atoms. The van der Waals surface area contributed by atoms with Crippen molar-refractivity contribution in [3.8, 4) is 0 Å². The molecule has 0 aliphatic heterocycles. The molecule has 0 aliphatic carbocycles. The van der Waals surface area contributed by atoms with Crippen molar-refractivity contribution in [2.24, 2.45) is 11.8 Å². The van der Waals surface area contributed by atoms with Crippen molar-refractivity contribution in [1.29, 1.82) is 0 Å². The molecule has 10 nitrogen and oxygen atoms in total. The normalized spacial score (nSPS) is 13.5. The first-order valence-corrected chi connectivity index (χ1v) is 14.6. The lowest BCUT2D eigenvalue weighted by atomic mass is 9.91. The largest absolute Gasteiger partial charge is 0.480 e. The van der Waals surface area contributed by atoms with Gasteiger partial charge in [-0.05, 0) is 36.1 Å². The fraction of sp³-hybridized carbons (Fsp3) is 0.467. The van der Waals surface area contributed by atoms with Crippen molar-refractivity contribution in [2.45, 2.75) is 57.7 Å². The molecule has 0 saturated carbocycles. The number of nitrogens with zero attached hydrogens (tertiary/aromatic N) is 2. The Bertz CT molecular complexity index is 1410. The zero-order chi connectivity index (χ0) is 30.1. The van der Waals surface area contributed by atoms with Crippen molar-refractivity contribution in [1.82, 2.24) is 15.3 Å². The second kappa shape index (κ2) is 14.8. The summed E-state index contributed by atoms with van der Waals surface area (Å²) in [4.78, 5) is 58.7. The predicted octanol–water partition coefficient (Wildman–Crippen LogP) is 4.94. The van der Waals surface area contributed by atoms with Crippen molar-refractivity contribution in [3.63, 3.8) is 0 Å². The van der Waals surface area contributed by atoms with E-state index >= 15 is 0 Å². The summed E-state index contributed by atoms with van der Waals surface area (Å²) in [5.41, 5.74) is 2.89. The van der Waals surface area contributed by atoms with Crippen LogP contribution in [0.2, 0.25) is 0 Å². The Morgan fingerprint density at radius 1 is 0.927 bits per heavy atom. The second-order valence-electron chi connectivity index (χ2n) is 10.3. The number of hydrogen-bond donors (Lipinski definition) is 2. The lowest BCUT2D eigenvalue weighted by Crippen LogP contribution is -2.41. The van der Waals surface area contributed by atoms with Gasteiger partial charge in [-0.2, -0.15) is 11.8 Å². The standard InChI is InChI=1S/C30H37N3O7S/c1-17(2)10-6-7-11-21(30(38)40-5)27(41-16-24(28(35)36)31-18(3)34)19-12-8-14-22-25(19)32-23-15-9-13-20(26(23)33-22)29(37)39-4/h8-9,12-15,17,21,24,27H,6-7,10-11,16H2,1-5H3,(H,31,34)(H,35,36). The zero-order valence-corrected chi connectivity index (χ0v) is 24.8. The van der Waals surface area contributed by atoms with Crippen molar-refractivity contribution < 1.29 is 33.8 Å². The highest BCUT2D eigenvalue weighted by atomic mass is 32.2. The molecule has 0 fully saturated rings. The van der Waals surface area contributed by atoms with Crippen LogP contribution in [0.25, 0.3) is 22.1 Å². The number of aromatic nitrogens is 2. The van der Waals surface area contributed by atoms with Crippen molar-refractivity contribution >= 4 is 57.6 Å². The number of carboxylic acids is 1.